The highest BCUT2D eigenvalue weighted by Gasteiger charge is 2.37. The van der Waals surface area contributed by atoms with E-state index in [0.29, 0.717) is 0 Å². The van der Waals surface area contributed by atoms with Crippen LogP contribution in [0.2, 0.25) is 5.02 Å². The molecule has 0 atom stereocenters. The third-order valence-electron chi connectivity index (χ3n) is 4.14. The molecular formula is C15H15ClN2O. The van der Waals surface area contributed by atoms with Gasteiger partial charge in [0.2, 0.25) is 6.08 Å². The Balaban J connectivity index is 2.32. The summed E-state index contributed by atoms with van der Waals surface area (Å²) >= 11 is 6.25. The van der Waals surface area contributed by atoms with Crippen LogP contribution < -0.4 is 0 Å². The van der Waals surface area contributed by atoms with Gasteiger partial charge < -0.3 is 4.57 Å². The molecule has 1 aliphatic carbocycles. The maximum Gasteiger partial charge on any atom is 0.235 e. The molecule has 1 fully saturated rings. The van der Waals surface area contributed by atoms with E-state index in [-0.39, 0.29) is 0 Å². The van der Waals surface area contributed by atoms with E-state index in [0.717, 1.165) is 47.2 Å². The number of fused-ring (bicyclic) bond motifs is 1. The Morgan fingerprint density at radius 2 is 2.11 bits per heavy atom. The molecule has 1 heterocycles. The second kappa shape index (κ2) is 4.52. The van der Waals surface area contributed by atoms with E-state index in [1.54, 1.807) is 6.08 Å². The van der Waals surface area contributed by atoms with Gasteiger partial charge in [0, 0.05) is 24.2 Å². The lowest BCUT2D eigenvalue weighted by Crippen LogP contribution is -2.20. The summed E-state index contributed by atoms with van der Waals surface area (Å²) in [6.07, 6.45) is 7.69. The summed E-state index contributed by atoms with van der Waals surface area (Å²) in [5.74, 6) is 0. The van der Waals surface area contributed by atoms with Gasteiger partial charge in [-0.3, -0.25) is 0 Å². The van der Waals surface area contributed by atoms with Gasteiger partial charge in [0.25, 0.3) is 0 Å². The molecule has 3 nitrogen and oxygen atoms in total. The van der Waals surface area contributed by atoms with Crippen LogP contribution in [0.4, 0.5) is 0 Å². The Hall–Kier alpha value is -1.57. The van der Waals surface area contributed by atoms with Gasteiger partial charge in [-0.05, 0) is 12.8 Å². The maximum atomic E-state index is 10.8. The Morgan fingerprint density at radius 1 is 1.37 bits per heavy atom. The van der Waals surface area contributed by atoms with Gasteiger partial charge in [-0.2, -0.15) is 4.99 Å². The van der Waals surface area contributed by atoms with Crippen molar-refractivity contribution in [3.8, 4) is 0 Å². The molecular weight excluding hydrogens is 260 g/mol. The van der Waals surface area contributed by atoms with Crippen LogP contribution in [0.25, 0.3) is 10.9 Å². The number of hydrogen-bond donors (Lipinski definition) is 0. The normalized spacial score (nSPS) is 17.6. The van der Waals surface area contributed by atoms with Crippen molar-refractivity contribution in [1.82, 2.24) is 4.57 Å². The Bertz CT molecular complexity index is 677. The van der Waals surface area contributed by atoms with E-state index >= 15 is 0 Å². The number of aromatic nitrogens is 1. The van der Waals surface area contributed by atoms with Crippen LogP contribution in [0.1, 0.15) is 31.2 Å². The zero-order valence-corrected chi connectivity index (χ0v) is 11.6. The molecule has 0 spiro atoms. The lowest BCUT2D eigenvalue weighted by molar-refractivity contribution is 0.458. The number of nitrogens with zero attached hydrogens (tertiary/aromatic N) is 2. The Kier molecular flexibility index (Phi) is 2.96. The summed E-state index contributed by atoms with van der Waals surface area (Å²) in [6.45, 7) is 0. The zero-order chi connectivity index (χ0) is 13.5. The van der Waals surface area contributed by atoms with Crippen LogP contribution >= 0.6 is 11.6 Å². The Labute approximate surface area is 116 Å². The highest BCUT2D eigenvalue weighted by Crippen LogP contribution is 2.45. The first-order valence-electron chi connectivity index (χ1n) is 6.51. The first-order chi connectivity index (χ1) is 9.18. The Morgan fingerprint density at radius 3 is 2.79 bits per heavy atom. The zero-order valence-electron chi connectivity index (χ0n) is 10.8. The van der Waals surface area contributed by atoms with Crippen molar-refractivity contribution in [3.63, 3.8) is 0 Å². The molecule has 1 saturated carbocycles. The molecule has 1 aliphatic rings. The molecule has 0 unspecified atom stereocenters. The number of halogens is 1. The molecule has 0 bridgehead atoms. The fourth-order valence-electron chi connectivity index (χ4n) is 3.28. The third kappa shape index (κ3) is 1.81. The minimum Gasteiger partial charge on any atom is -0.349 e. The van der Waals surface area contributed by atoms with Crippen molar-refractivity contribution >= 4 is 28.6 Å². The minimum absolute atomic E-state index is 0.406. The molecule has 1 aromatic heterocycles. The highest BCUT2D eigenvalue weighted by atomic mass is 35.5. The van der Waals surface area contributed by atoms with Crippen molar-refractivity contribution in [3.05, 3.63) is 35.0 Å². The predicted molar refractivity (Wildman–Crippen MR) is 76.2 cm³/mol. The largest absolute Gasteiger partial charge is 0.349 e. The fourth-order valence-corrected chi connectivity index (χ4v) is 3.58. The standard InChI is InChI=1S/C15H15ClN2O/c1-18-9-13(16)11-5-4-6-12(14(11)18)15(17-10-19)7-2-3-8-15/h4-6,9H,2-3,7-8H2,1H3. The monoisotopic (exact) mass is 274 g/mol. The van der Waals surface area contributed by atoms with Gasteiger partial charge >= 0.3 is 0 Å². The van der Waals surface area contributed by atoms with Crippen molar-refractivity contribution in [2.24, 2.45) is 12.0 Å². The van der Waals surface area contributed by atoms with E-state index in [1.807, 2.05) is 29.9 Å². The van der Waals surface area contributed by atoms with Crippen molar-refractivity contribution in [2.75, 3.05) is 0 Å². The first kappa shape index (κ1) is 12.5. The van der Waals surface area contributed by atoms with Gasteiger partial charge in [0.1, 0.15) is 5.54 Å². The van der Waals surface area contributed by atoms with E-state index in [9.17, 15) is 4.79 Å². The van der Waals surface area contributed by atoms with Crippen LogP contribution in [-0.4, -0.2) is 10.6 Å². The molecule has 3 rings (SSSR count). The molecule has 0 amide bonds. The average molecular weight is 275 g/mol. The van der Waals surface area contributed by atoms with Crippen LogP contribution in [-0.2, 0) is 17.4 Å². The second-order valence-electron chi connectivity index (χ2n) is 5.23. The maximum absolute atomic E-state index is 10.8. The number of benzene rings is 1. The van der Waals surface area contributed by atoms with Crippen LogP contribution in [0.3, 0.4) is 0 Å². The molecule has 0 N–H and O–H groups in total. The quantitative estimate of drug-likeness (QED) is 0.603. The number of carbonyl (C=O) groups excluding carboxylic acids is 1. The highest BCUT2D eigenvalue weighted by molar-refractivity contribution is 6.35. The third-order valence-corrected chi connectivity index (χ3v) is 4.45. The van der Waals surface area contributed by atoms with Gasteiger partial charge in [-0.1, -0.05) is 42.6 Å². The summed E-state index contributed by atoms with van der Waals surface area (Å²) in [4.78, 5) is 15.0. The van der Waals surface area contributed by atoms with Crippen molar-refractivity contribution in [2.45, 2.75) is 31.2 Å². The lowest BCUT2D eigenvalue weighted by Gasteiger charge is -2.24. The van der Waals surface area contributed by atoms with Crippen molar-refractivity contribution in [1.29, 1.82) is 0 Å². The lowest BCUT2D eigenvalue weighted by atomic mass is 9.87. The summed E-state index contributed by atoms with van der Waals surface area (Å²) in [7, 11) is 1.98. The van der Waals surface area contributed by atoms with Gasteiger partial charge in [-0.25, -0.2) is 4.79 Å². The SMILES string of the molecule is Cn1cc(Cl)c2cccc(C3(N=C=O)CCCC3)c21. The molecule has 98 valence electrons. The minimum atomic E-state index is -0.406. The predicted octanol–water partition coefficient (Wildman–Crippen LogP) is 3.94. The number of hydrogen-bond acceptors (Lipinski definition) is 2. The van der Waals surface area contributed by atoms with E-state index in [1.165, 1.54) is 0 Å². The topological polar surface area (TPSA) is 34.4 Å². The summed E-state index contributed by atoms with van der Waals surface area (Å²) in [5, 5.41) is 1.76. The van der Waals surface area contributed by atoms with E-state index in [4.69, 9.17) is 11.6 Å². The smallest absolute Gasteiger partial charge is 0.235 e. The number of aryl methyl sites for hydroxylation is 1. The van der Waals surface area contributed by atoms with Crippen LogP contribution in [0, 0.1) is 0 Å². The van der Waals surface area contributed by atoms with Crippen LogP contribution in [0.15, 0.2) is 29.4 Å². The van der Waals surface area contributed by atoms with Crippen LogP contribution in [0.5, 0.6) is 0 Å². The number of para-hydroxylation sites is 1. The molecule has 2 aromatic rings. The number of rotatable bonds is 2. The second-order valence-corrected chi connectivity index (χ2v) is 5.64. The molecule has 0 radical (unpaired) electrons. The molecule has 19 heavy (non-hydrogen) atoms. The molecule has 4 heteroatoms. The average Bonchev–Trinajstić information content (AvgIpc) is 2.97. The summed E-state index contributed by atoms with van der Waals surface area (Å²) in [5.41, 5.74) is 1.77. The molecule has 0 aliphatic heterocycles. The summed E-state index contributed by atoms with van der Waals surface area (Å²) < 4.78 is 2.02. The van der Waals surface area contributed by atoms with Crippen molar-refractivity contribution < 1.29 is 4.79 Å². The van der Waals surface area contributed by atoms with Gasteiger partial charge in [-0.15, -0.1) is 0 Å². The molecule has 0 saturated heterocycles. The fraction of sp³-hybridized carbons (Fsp3) is 0.400. The van der Waals surface area contributed by atoms with Gasteiger partial charge in [0.05, 0.1) is 10.5 Å². The molecule has 1 aromatic carbocycles. The van der Waals surface area contributed by atoms with Gasteiger partial charge in [0.15, 0.2) is 0 Å². The first-order valence-corrected chi connectivity index (χ1v) is 6.89. The number of isocyanates is 1. The number of aliphatic imine (C=N–C) groups is 1. The van der Waals surface area contributed by atoms with E-state index < -0.39 is 5.54 Å². The van der Waals surface area contributed by atoms with E-state index in [2.05, 4.69) is 11.1 Å². The summed E-state index contributed by atoms with van der Waals surface area (Å²) in [6, 6.07) is 6.06.